The fourth-order valence-corrected chi connectivity index (χ4v) is 6.69. The van der Waals surface area contributed by atoms with Crippen LogP contribution in [0.15, 0.2) is 103 Å². The molecule has 0 saturated heterocycles. The third-order valence-corrected chi connectivity index (χ3v) is 9.48. The number of aromatic hydroxyl groups is 1. The van der Waals surface area contributed by atoms with Crippen molar-refractivity contribution in [1.82, 2.24) is 0 Å². The molecule has 0 atom stereocenters. The Morgan fingerprint density at radius 3 is 1.46 bits per heavy atom. The molecule has 4 amide bonds. The van der Waals surface area contributed by atoms with Crippen molar-refractivity contribution in [3.05, 3.63) is 152 Å². The number of ether oxygens (including phenoxy) is 3. The zero-order valence-corrected chi connectivity index (χ0v) is 32.1. The normalized spacial score (nSPS) is 12.8. The van der Waals surface area contributed by atoms with Gasteiger partial charge in [-0.05, 0) is 79.1 Å². The smallest absolute Gasteiger partial charge is 0.310 e. The number of imide groups is 2. The Bertz CT molecular complexity index is 2340. The van der Waals surface area contributed by atoms with Crippen LogP contribution in [0, 0.1) is 0 Å². The number of halogens is 2. The van der Waals surface area contributed by atoms with E-state index in [-0.39, 0.29) is 69.4 Å². The monoisotopic (exact) mass is 808 g/mol. The van der Waals surface area contributed by atoms with E-state index in [9.17, 15) is 33.9 Å². The van der Waals surface area contributed by atoms with Gasteiger partial charge in [-0.1, -0.05) is 77.8 Å². The molecule has 12 nitrogen and oxygen atoms in total. The van der Waals surface area contributed by atoms with Gasteiger partial charge in [-0.3, -0.25) is 28.8 Å². The van der Waals surface area contributed by atoms with Gasteiger partial charge in [0.05, 0.1) is 69.7 Å². The molecule has 5 aromatic carbocycles. The first-order chi connectivity index (χ1) is 27.4. The van der Waals surface area contributed by atoms with E-state index in [4.69, 9.17) is 37.4 Å². The van der Waals surface area contributed by atoms with Crippen LogP contribution < -0.4 is 14.5 Å². The molecule has 0 unspecified atom stereocenters. The number of esters is 2. The zero-order chi connectivity index (χ0) is 40.8. The molecular formula is C43H34Cl2N2O10. The predicted molar refractivity (Wildman–Crippen MR) is 211 cm³/mol. The molecule has 0 saturated carbocycles. The van der Waals surface area contributed by atoms with Crippen LogP contribution in [-0.4, -0.2) is 53.9 Å². The van der Waals surface area contributed by atoms with Crippen LogP contribution in [0.25, 0.3) is 0 Å². The standard InChI is InChI=1S/C25H20ClNO5.C18H14ClNO5/c1-2-31-21(28)14-16-8-10-18(11-9-16)27-24(29)22-19(26)12-13-20(23(22)25(27)30)32-15-17-6-4-3-5-7-17;1-2-25-14(22)9-10-3-5-11(6-4-10)20-17(23)15-12(19)7-8-13(21)16(15)18(20)24/h3-13H,2,14-15H2,1H3;3-8,21H,2,9H2,1H3. The predicted octanol–water partition coefficient (Wildman–Crippen LogP) is 7.78. The molecule has 2 heterocycles. The SMILES string of the molecule is CCOC(=O)Cc1ccc(N2C(=O)c3c(Cl)ccc(OCc4ccccc4)c3C2=O)cc1.CCOC(=O)Cc1ccc(N2C(=O)c3c(O)ccc(Cl)c3C2=O)cc1. The molecule has 0 radical (unpaired) electrons. The Hall–Kier alpha value is -6.50. The largest absolute Gasteiger partial charge is 0.507 e. The van der Waals surface area contributed by atoms with Crippen LogP contribution >= 0.6 is 23.2 Å². The van der Waals surface area contributed by atoms with Crippen molar-refractivity contribution in [2.45, 2.75) is 33.3 Å². The van der Waals surface area contributed by atoms with Gasteiger partial charge in [0.1, 0.15) is 18.1 Å². The van der Waals surface area contributed by atoms with E-state index in [0.717, 1.165) is 15.4 Å². The summed E-state index contributed by atoms with van der Waals surface area (Å²) in [4.78, 5) is 76.6. The number of phenolic OH excluding ortho intramolecular Hbond substituents is 1. The van der Waals surface area contributed by atoms with Gasteiger partial charge in [-0.2, -0.15) is 0 Å². The Morgan fingerprint density at radius 1 is 0.544 bits per heavy atom. The molecule has 2 aliphatic rings. The first-order valence-electron chi connectivity index (χ1n) is 17.7. The van der Waals surface area contributed by atoms with Crippen molar-refractivity contribution in [3.63, 3.8) is 0 Å². The minimum atomic E-state index is -0.641. The maximum atomic E-state index is 13.2. The number of hydrogen-bond donors (Lipinski definition) is 1. The summed E-state index contributed by atoms with van der Waals surface area (Å²) in [5.41, 5.74) is 3.21. The van der Waals surface area contributed by atoms with Gasteiger partial charge in [0.2, 0.25) is 0 Å². The summed E-state index contributed by atoms with van der Waals surface area (Å²) in [6, 6.07) is 28.3. The lowest BCUT2D eigenvalue weighted by atomic mass is 10.1. The van der Waals surface area contributed by atoms with Crippen LogP contribution in [0.2, 0.25) is 10.0 Å². The zero-order valence-electron chi connectivity index (χ0n) is 30.6. The molecule has 2 aliphatic heterocycles. The number of hydrogen-bond acceptors (Lipinski definition) is 10. The summed E-state index contributed by atoms with van der Waals surface area (Å²) in [6.07, 6.45) is 0.211. The first-order valence-corrected chi connectivity index (χ1v) is 18.5. The highest BCUT2D eigenvalue weighted by atomic mass is 35.5. The fourth-order valence-electron chi connectivity index (χ4n) is 6.21. The summed E-state index contributed by atoms with van der Waals surface area (Å²) >= 11 is 12.3. The summed E-state index contributed by atoms with van der Waals surface area (Å²) in [7, 11) is 0. The van der Waals surface area contributed by atoms with Crippen LogP contribution in [0.4, 0.5) is 11.4 Å². The highest BCUT2D eigenvalue weighted by Gasteiger charge is 2.42. The number of nitrogens with zero attached hydrogens (tertiary/aromatic N) is 2. The number of amides is 4. The van der Waals surface area contributed by atoms with Crippen LogP contribution in [0.3, 0.4) is 0 Å². The quantitative estimate of drug-likeness (QED) is 0.103. The molecule has 0 aliphatic carbocycles. The van der Waals surface area contributed by atoms with E-state index >= 15 is 0 Å². The molecule has 1 N–H and O–H groups in total. The number of benzene rings is 5. The summed E-state index contributed by atoms with van der Waals surface area (Å²) in [5, 5.41) is 10.2. The molecule has 5 aromatic rings. The molecule has 290 valence electrons. The molecule has 0 bridgehead atoms. The third-order valence-electron chi connectivity index (χ3n) is 8.85. The van der Waals surface area contributed by atoms with E-state index in [2.05, 4.69) is 0 Å². The Balaban J connectivity index is 0.000000199. The van der Waals surface area contributed by atoms with Gasteiger partial charge in [0.25, 0.3) is 23.6 Å². The second kappa shape index (κ2) is 17.5. The Kier molecular flexibility index (Phi) is 12.4. The Labute approximate surface area is 337 Å². The van der Waals surface area contributed by atoms with Crippen molar-refractivity contribution in [1.29, 1.82) is 0 Å². The Morgan fingerprint density at radius 2 is 0.982 bits per heavy atom. The third kappa shape index (κ3) is 8.52. The average molecular weight is 810 g/mol. The van der Waals surface area contributed by atoms with Gasteiger partial charge in [0.15, 0.2) is 0 Å². The molecule has 14 heteroatoms. The number of carbonyl (C=O) groups excluding carboxylic acids is 6. The van der Waals surface area contributed by atoms with E-state index in [1.165, 1.54) is 12.1 Å². The number of rotatable bonds is 11. The average Bonchev–Trinajstić information content (AvgIpc) is 3.63. The van der Waals surface area contributed by atoms with Crippen LogP contribution in [-0.2, 0) is 38.5 Å². The lowest BCUT2D eigenvalue weighted by molar-refractivity contribution is -0.143. The molecular weight excluding hydrogens is 775 g/mol. The summed E-state index contributed by atoms with van der Waals surface area (Å²) in [5.74, 6) is -2.95. The molecule has 0 aromatic heterocycles. The van der Waals surface area contributed by atoms with Crippen molar-refractivity contribution in [2.24, 2.45) is 0 Å². The van der Waals surface area contributed by atoms with Gasteiger partial charge < -0.3 is 19.3 Å². The van der Waals surface area contributed by atoms with Gasteiger partial charge >= 0.3 is 11.9 Å². The second-order valence-electron chi connectivity index (χ2n) is 12.6. The fraction of sp³-hybridized carbons (Fsp3) is 0.163. The summed E-state index contributed by atoms with van der Waals surface area (Å²) < 4.78 is 15.7. The van der Waals surface area contributed by atoms with Gasteiger partial charge in [-0.15, -0.1) is 0 Å². The number of fused-ring (bicyclic) bond motifs is 2. The number of anilines is 2. The topological polar surface area (TPSA) is 157 Å². The van der Waals surface area contributed by atoms with Crippen molar-refractivity contribution >= 4 is 70.1 Å². The van der Waals surface area contributed by atoms with Gasteiger partial charge in [-0.25, -0.2) is 9.80 Å². The lowest BCUT2D eigenvalue weighted by Gasteiger charge is -2.14. The molecule has 0 spiro atoms. The minimum absolute atomic E-state index is 0.0118. The number of phenols is 1. The summed E-state index contributed by atoms with van der Waals surface area (Å²) in [6.45, 7) is 4.33. The van der Waals surface area contributed by atoms with Crippen molar-refractivity contribution < 1.29 is 48.1 Å². The van der Waals surface area contributed by atoms with Crippen LogP contribution in [0.5, 0.6) is 11.5 Å². The van der Waals surface area contributed by atoms with Crippen molar-refractivity contribution in [2.75, 3.05) is 23.0 Å². The van der Waals surface area contributed by atoms with E-state index < -0.39 is 23.6 Å². The second-order valence-corrected chi connectivity index (χ2v) is 13.4. The van der Waals surface area contributed by atoms with Crippen molar-refractivity contribution in [3.8, 4) is 11.5 Å². The molecule has 7 rings (SSSR count). The first kappa shape index (κ1) is 40.2. The maximum absolute atomic E-state index is 13.2. The maximum Gasteiger partial charge on any atom is 0.310 e. The highest BCUT2D eigenvalue weighted by Crippen LogP contribution is 2.39. The minimum Gasteiger partial charge on any atom is -0.507 e. The number of carbonyl (C=O) groups is 6. The molecule has 0 fully saturated rings. The van der Waals surface area contributed by atoms with Crippen LogP contribution in [0.1, 0.15) is 72.0 Å². The highest BCUT2D eigenvalue weighted by molar-refractivity contribution is 6.43. The van der Waals surface area contributed by atoms with E-state index in [1.54, 1.807) is 74.5 Å². The molecule has 57 heavy (non-hydrogen) atoms. The van der Waals surface area contributed by atoms with E-state index in [0.29, 0.717) is 41.5 Å². The van der Waals surface area contributed by atoms with Gasteiger partial charge in [0, 0.05) is 0 Å². The lowest BCUT2D eigenvalue weighted by Crippen LogP contribution is -2.29. The van der Waals surface area contributed by atoms with E-state index in [1.807, 2.05) is 30.3 Å².